The van der Waals surface area contributed by atoms with Crippen molar-refractivity contribution >= 4 is 51.6 Å². The monoisotopic (exact) mass is 259 g/mol. The molecule has 0 saturated heterocycles. The number of nitrogens with zero attached hydrogens (tertiary/aromatic N) is 1. The van der Waals surface area contributed by atoms with E-state index in [2.05, 4.69) is 4.98 Å². The second kappa shape index (κ2) is 5.34. The van der Waals surface area contributed by atoms with E-state index >= 15 is 0 Å². The van der Waals surface area contributed by atoms with Crippen LogP contribution < -0.4 is 5.73 Å². The van der Waals surface area contributed by atoms with Gasteiger partial charge in [-0.15, -0.1) is 23.7 Å². The van der Waals surface area contributed by atoms with Crippen molar-refractivity contribution in [3.8, 4) is 0 Å². The lowest BCUT2D eigenvalue weighted by molar-refractivity contribution is 1.30. The molecular weight excluding hydrogens is 250 g/mol. The number of halogens is 1. The summed E-state index contributed by atoms with van der Waals surface area (Å²) in [6.07, 6.45) is 0. The first-order valence-electron chi connectivity index (χ1n) is 4.07. The predicted octanol–water partition coefficient (Wildman–Crippen LogP) is 2.75. The zero-order valence-electron chi connectivity index (χ0n) is 7.77. The highest BCUT2D eigenvalue weighted by molar-refractivity contribution is 8.01. The van der Waals surface area contributed by atoms with Crippen molar-refractivity contribution in [1.29, 1.82) is 5.41 Å². The molecule has 1 heterocycles. The van der Waals surface area contributed by atoms with Gasteiger partial charge in [0.2, 0.25) is 0 Å². The van der Waals surface area contributed by atoms with Gasteiger partial charge in [0.1, 0.15) is 5.84 Å². The van der Waals surface area contributed by atoms with E-state index in [4.69, 9.17) is 11.1 Å². The van der Waals surface area contributed by atoms with Crippen LogP contribution in [0.5, 0.6) is 0 Å². The Morgan fingerprint density at radius 1 is 1.47 bits per heavy atom. The lowest BCUT2D eigenvalue weighted by Gasteiger charge is -1.92. The minimum atomic E-state index is 0. The van der Waals surface area contributed by atoms with Crippen molar-refractivity contribution < 1.29 is 0 Å². The summed E-state index contributed by atoms with van der Waals surface area (Å²) >= 11 is 3.15. The van der Waals surface area contributed by atoms with Gasteiger partial charge >= 0.3 is 0 Å². The molecule has 0 fully saturated rings. The van der Waals surface area contributed by atoms with Gasteiger partial charge in [0, 0.05) is 0 Å². The molecule has 0 radical (unpaired) electrons. The topological polar surface area (TPSA) is 62.8 Å². The number of fused-ring (bicyclic) bond motifs is 1. The number of benzene rings is 1. The minimum Gasteiger partial charge on any atom is -0.387 e. The molecule has 0 aliphatic heterocycles. The van der Waals surface area contributed by atoms with Crippen molar-refractivity contribution in [1.82, 2.24) is 4.98 Å². The Morgan fingerprint density at radius 3 is 2.87 bits per heavy atom. The summed E-state index contributed by atoms with van der Waals surface area (Å²) in [6, 6.07) is 8.01. The normalized spacial score (nSPS) is 9.87. The molecule has 0 saturated carbocycles. The summed E-state index contributed by atoms with van der Waals surface area (Å²) < 4.78 is 2.15. The van der Waals surface area contributed by atoms with Gasteiger partial charge in [-0.2, -0.15) is 0 Å². The maximum Gasteiger partial charge on any atom is 0.151 e. The number of hydrogen-bond acceptors (Lipinski definition) is 4. The van der Waals surface area contributed by atoms with E-state index in [1.807, 2.05) is 24.3 Å². The van der Waals surface area contributed by atoms with Crippen LogP contribution in [0.2, 0.25) is 0 Å². The molecule has 80 valence electrons. The quantitative estimate of drug-likeness (QED) is 0.506. The fraction of sp³-hybridized carbons (Fsp3) is 0.111. The van der Waals surface area contributed by atoms with Crippen LogP contribution in [0.25, 0.3) is 10.2 Å². The van der Waals surface area contributed by atoms with Gasteiger partial charge in [0.25, 0.3) is 0 Å². The van der Waals surface area contributed by atoms with Crippen LogP contribution in [-0.4, -0.2) is 16.6 Å². The van der Waals surface area contributed by atoms with Gasteiger partial charge in [-0.1, -0.05) is 23.9 Å². The zero-order valence-corrected chi connectivity index (χ0v) is 10.2. The van der Waals surface area contributed by atoms with Gasteiger partial charge in [0.05, 0.1) is 16.0 Å². The number of hydrogen-bond donors (Lipinski definition) is 2. The average Bonchev–Trinajstić information content (AvgIpc) is 2.57. The highest BCUT2D eigenvalue weighted by Crippen LogP contribution is 2.28. The van der Waals surface area contributed by atoms with Crippen molar-refractivity contribution in [2.24, 2.45) is 5.73 Å². The third kappa shape index (κ3) is 3.09. The Hall–Kier alpha value is -0.780. The van der Waals surface area contributed by atoms with E-state index in [0.717, 1.165) is 9.86 Å². The van der Waals surface area contributed by atoms with Gasteiger partial charge in [-0.25, -0.2) is 4.98 Å². The van der Waals surface area contributed by atoms with E-state index in [1.165, 1.54) is 16.5 Å². The molecule has 0 aliphatic carbocycles. The van der Waals surface area contributed by atoms with E-state index in [1.54, 1.807) is 11.3 Å². The number of rotatable bonds is 3. The van der Waals surface area contributed by atoms with E-state index in [-0.39, 0.29) is 18.2 Å². The van der Waals surface area contributed by atoms with Crippen molar-refractivity contribution in [3.05, 3.63) is 24.3 Å². The molecule has 0 amide bonds. The highest BCUT2D eigenvalue weighted by atomic mass is 35.5. The Bertz CT molecular complexity index is 436. The molecule has 15 heavy (non-hydrogen) atoms. The summed E-state index contributed by atoms with van der Waals surface area (Å²) in [6.45, 7) is 0. The molecule has 3 N–H and O–H groups in total. The maximum absolute atomic E-state index is 7.11. The second-order valence-corrected chi connectivity index (χ2v) is 5.01. The molecule has 2 aromatic rings. The first-order chi connectivity index (χ1) is 6.75. The number of amidine groups is 1. The Balaban J connectivity index is 0.00000112. The molecule has 0 atom stereocenters. The molecular formula is C9H10ClN3S2. The van der Waals surface area contributed by atoms with Crippen LogP contribution in [0.3, 0.4) is 0 Å². The highest BCUT2D eigenvalue weighted by Gasteiger charge is 2.03. The summed E-state index contributed by atoms with van der Waals surface area (Å²) in [5.41, 5.74) is 6.29. The summed E-state index contributed by atoms with van der Waals surface area (Å²) in [7, 11) is 0. The number of nitrogens with two attached hydrogens (primary N) is 1. The number of thioether (sulfide) groups is 1. The van der Waals surface area contributed by atoms with Gasteiger partial charge in [-0.05, 0) is 12.1 Å². The van der Waals surface area contributed by atoms with E-state index < -0.39 is 0 Å². The summed E-state index contributed by atoms with van der Waals surface area (Å²) in [4.78, 5) is 4.41. The standard InChI is InChI=1S/C9H9N3S2.ClH/c10-8(11)5-13-9-12-6-3-1-2-4-7(6)14-9;/h1-4H,5H2,(H3,10,11);1H. The fourth-order valence-electron chi connectivity index (χ4n) is 1.05. The van der Waals surface area contributed by atoms with Gasteiger partial charge in [-0.3, -0.25) is 5.41 Å². The number of aromatic nitrogens is 1. The number of nitrogens with one attached hydrogen (secondary N) is 1. The van der Waals surface area contributed by atoms with E-state index in [9.17, 15) is 0 Å². The fourth-order valence-corrected chi connectivity index (χ4v) is 2.87. The van der Waals surface area contributed by atoms with Gasteiger partial charge in [0.15, 0.2) is 4.34 Å². The largest absolute Gasteiger partial charge is 0.387 e. The predicted molar refractivity (Wildman–Crippen MR) is 69.5 cm³/mol. The van der Waals surface area contributed by atoms with Crippen LogP contribution in [0.4, 0.5) is 0 Å². The second-order valence-electron chi connectivity index (χ2n) is 2.76. The zero-order chi connectivity index (χ0) is 9.97. The maximum atomic E-state index is 7.11. The smallest absolute Gasteiger partial charge is 0.151 e. The molecule has 0 unspecified atom stereocenters. The minimum absolute atomic E-state index is 0. The Labute approximate surface area is 102 Å². The molecule has 1 aromatic heterocycles. The molecule has 0 bridgehead atoms. The van der Waals surface area contributed by atoms with Crippen molar-refractivity contribution in [2.45, 2.75) is 4.34 Å². The summed E-state index contributed by atoms with van der Waals surface area (Å²) in [5, 5.41) is 7.11. The molecule has 0 aliphatic rings. The first-order valence-corrected chi connectivity index (χ1v) is 5.87. The van der Waals surface area contributed by atoms with Crippen LogP contribution in [0.1, 0.15) is 0 Å². The lowest BCUT2D eigenvalue weighted by atomic mass is 10.3. The third-order valence-corrected chi connectivity index (χ3v) is 3.85. The molecule has 2 rings (SSSR count). The SMILES string of the molecule is Cl.N=C(N)CSc1nc2ccccc2s1. The number of para-hydroxylation sites is 1. The van der Waals surface area contributed by atoms with Crippen LogP contribution >= 0.6 is 35.5 Å². The first kappa shape index (κ1) is 12.3. The van der Waals surface area contributed by atoms with Gasteiger partial charge < -0.3 is 5.73 Å². The Morgan fingerprint density at radius 2 is 2.20 bits per heavy atom. The number of thiazole rings is 1. The molecule has 0 spiro atoms. The third-order valence-electron chi connectivity index (χ3n) is 1.63. The van der Waals surface area contributed by atoms with Crippen LogP contribution in [-0.2, 0) is 0 Å². The van der Waals surface area contributed by atoms with Crippen LogP contribution in [0.15, 0.2) is 28.6 Å². The Kier molecular flexibility index (Phi) is 4.38. The van der Waals surface area contributed by atoms with Crippen molar-refractivity contribution in [3.63, 3.8) is 0 Å². The average molecular weight is 260 g/mol. The van der Waals surface area contributed by atoms with Crippen molar-refractivity contribution in [2.75, 3.05) is 5.75 Å². The molecule has 6 heteroatoms. The summed E-state index contributed by atoms with van der Waals surface area (Å²) in [5.74, 6) is 0.703. The molecule has 3 nitrogen and oxygen atoms in total. The van der Waals surface area contributed by atoms with Crippen LogP contribution in [0, 0.1) is 5.41 Å². The molecule has 1 aromatic carbocycles. The lowest BCUT2D eigenvalue weighted by Crippen LogP contribution is -2.11. The van der Waals surface area contributed by atoms with E-state index in [0.29, 0.717) is 5.75 Å².